The van der Waals surface area contributed by atoms with Crippen LogP contribution in [0, 0.1) is 5.92 Å². The van der Waals surface area contributed by atoms with Gasteiger partial charge < -0.3 is 19.0 Å². The first-order chi connectivity index (χ1) is 26.2. The fourth-order valence-corrected chi connectivity index (χ4v) is 14.2. The number of allylic oxidation sites excluding steroid dienone is 1. The molecule has 0 saturated carbocycles. The third-order valence-corrected chi connectivity index (χ3v) is 17.3. The molecule has 2 aliphatic rings. The number of fused-ring (bicyclic) bond motifs is 1. The third-order valence-electron chi connectivity index (χ3n) is 10.7. The molecule has 290 valence electrons. The summed E-state index contributed by atoms with van der Waals surface area (Å²) in [6.45, 7) is 19.2. The number of hydrogen-bond acceptors (Lipinski definition) is 6. The lowest BCUT2D eigenvalue weighted by molar-refractivity contribution is -0.129. The molecule has 2 aliphatic heterocycles. The highest BCUT2D eigenvalue weighted by molar-refractivity contribution is 8.18. The van der Waals surface area contributed by atoms with Gasteiger partial charge in [-0.1, -0.05) is 143 Å². The molecule has 4 aromatic carbocycles. The lowest BCUT2D eigenvalue weighted by atomic mass is 9.81. The van der Waals surface area contributed by atoms with Crippen LogP contribution in [0.1, 0.15) is 72.6 Å². The number of benzene rings is 4. The summed E-state index contributed by atoms with van der Waals surface area (Å²) in [7, 11) is -2.66. The number of aliphatic imine (C=N–C) groups is 1. The van der Waals surface area contributed by atoms with Gasteiger partial charge in [0.2, 0.25) is 0 Å². The molecule has 0 bridgehead atoms. The van der Waals surface area contributed by atoms with Crippen molar-refractivity contribution in [2.24, 2.45) is 10.9 Å². The van der Waals surface area contributed by atoms with E-state index in [-0.39, 0.29) is 28.9 Å². The topological polar surface area (TPSA) is 54.4 Å². The first-order valence-electron chi connectivity index (χ1n) is 19.2. The Morgan fingerprint density at radius 1 is 0.836 bits per heavy atom. The maximum absolute atomic E-state index is 14.6. The minimum atomic E-state index is -2.66. The van der Waals surface area contributed by atoms with Crippen LogP contribution in [0.2, 0.25) is 15.1 Å². The molecule has 2 unspecified atom stereocenters. The highest BCUT2D eigenvalue weighted by Crippen LogP contribution is 2.56. The van der Waals surface area contributed by atoms with Crippen LogP contribution >= 0.6 is 35.0 Å². The van der Waals surface area contributed by atoms with Gasteiger partial charge in [-0.15, -0.1) is 0 Å². The number of thioether (sulfide) groups is 1. The number of amides is 1. The zero-order valence-electron chi connectivity index (χ0n) is 33.2. The summed E-state index contributed by atoms with van der Waals surface area (Å²) >= 11 is 14.2. The van der Waals surface area contributed by atoms with Crippen molar-refractivity contribution in [1.82, 2.24) is 9.80 Å². The molecular formula is C45H53Cl2N3O3SSi. The summed E-state index contributed by atoms with van der Waals surface area (Å²) in [4.78, 5) is 24.9. The van der Waals surface area contributed by atoms with E-state index in [0.717, 1.165) is 26.9 Å². The number of ether oxygens (including phenoxy) is 1. The molecule has 10 heteroatoms. The van der Waals surface area contributed by atoms with Crippen molar-refractivity contribution in [3.8, 4) is 0 Å². The first-order valence-corrected chi connectivity index (χ1v) is 22.6. The molecule has 2 atom stereocenters. The van der Waals surface area contributed by atoms with E-state index >= 15 is 0 Å². The van der Waals surface area contributed by atoms with E-state index in [0.29, 0.717) is 36.4 Å². The first kappa shape index (κ1) is 41.3. The van der Waals surface area contributed by atoms with Crippen molar-refractivity contribution < 1.29 is 14.0 Å². The Kier molecular flexibility index (Phi) is 12.8. The lowest BCUT2D eigenvalue weighted by Crippen LogP contribution is -2.66. The van der Waals surface area contributed by atoms with Gasteiger partial charge in [-0.3, -0.25) is 4.79 Å². The van der Waals surface area contributed by atoms with Crippen LogP contribution in [0.15, 0.2) is 125 Å². The summed E-state index contributed by atoms with van der Waals surface area (Å²) < 4.78 is 13.3. The molecular weight excluding hydrogens is 762 g/mol. The van der Waals surface area contributed by atoms with Crippen molar-refractivity contribution in [1.29, 1.82) is 0 Å². The summed E-state index contributed by atoms with van der Waals surface area (Å²) in [5.74, 6) is 0.0569. The molecule has 0 N–H and O–H groups in total. The van der Waals surface area contributed by atoms with Crippen LogP contribution in [0.3, 0.4) is 0 Å². The standard InChI is InChI=1S/C45H53Cl2N3O3SSi/c1-31(2)39-40(54-43-48-45(8,34-21-25-36(47)26-22-34)41(50(39)43)33-19-23-35(46)24-20-33)42(51)49(32(3)4)27-28-52-29-30-53-55(44(5,6)7,37-15-11-9-12-16-37)38-17-13-10-14-18-38/h9-26,31-32,41H,27-30H2,1-8H3. The Bertz CT molecular complexity index is 1960. The van der Waals surface area contributed by atoms with Gasteiger partial charge in [0.25, 0.3) is 14.2 Å². The van der Waals surface area contributed by atoms with E-state index in [9.17, 15) is 4.79 Å². The van der Waals surface area contributed by atoms with E-state index < -0.39 is 13.9 Å². The number of amidine groups is 1. The number of halogens is 2. The Labute approximate surface area is 343 Å². The van der Waals surface area contributed by atoms with Crippen LogP contribution in [-0.4, -0.2) is 61.6 Å². The number of rotatable bonds is 14. The maximum Gasteiger partial charge on any atom is 0.262 e. The molecule has 6 rings (SSSR count). The summed E-state index contributed by atoms with van der Waals surface area (Å²) in [6.07, 6.45) is 0. The van der Waals surface area contributed by atoms with Gasteiger partial charge in [-0.2, -0.15) is 0 Å². The Morgan fingerprint density at radius 3 is 1.89 bits per heavy atom. The molecule has 0 spiro atoms. The van der Waals surface area contributed by atoms with Gasteiger partial charge >= 0.3 is 0 Å². The molecule has 0 radical (unpaired) electrons. The second kappa shape index (κ2) is 17.0. The minimum absolute atomic E-state index is 0.00369. The molecule has 4 aromatic rings. The SMILES string of the molecule is CC(C)C1=C(C(=O)N(CCOCCO[Si](c2ccccc2)(c2ccccc2)C(C)(C)C)C(C)C)SC2=NC(C)(c3ccc(Cl)cc3)C(c3ccc(Cl)cc3)N21. The number of carbonyl (C=O) groups is 1. The van der Waals surface area contributed by atoms with Crippen LogP contribution in [0.4, 0.5) is 0 Å². The largest absolute Gasteiger partial charge is 0.405 e. The van der Waals surface area contributed by atoms with Crippen LogP contribution in [-0.2, 0) is 19.5 Å². The highest BCUT2D eigenvalue weighted by atomic mass is 35.5. The smallest absolute Gasteiger partial charge is 0.262 e. The van der Waals surface area contributed by atoms with Crippen molar-refractivity contribution in [2.75, 3.05) is 26.4 Å². The molecule has 0 aliphatic carbocycles. The van der Waals surface area contributed by atoms with Gasteiger partial charge in [0.15, 0.2) is 5.17 Å². The predicted molar refractivity (Wildman–Crippen MR) is 233 cm³/mol. The van der Waals surface area contributed by atoms with Gasteiger partial charge in [-0.05, 0) is 89.3 Å². The third kappa shape index (κ3) is 8.23. The Hall–Kier alpha value is -3.37. The average molecular weight is 815 g/mol. The number of nitrogens with zero attached hydrogens (tertiary/aromatic N) is 3. The zero-order chi connectivity index (χ0) is 39.5. The minimum Gasteiger partial charge on any atom is -0.405 e. The Balaban J connectivity index is 1.20. The lowest BCUT2D eigenvalue weighted by Gasteiger charge is -2.43. The van der Waals surface area contributed by atoms with E-state index in [4.69, 9.17) is 37.4 Å². The number of carbonyl (C=O) groups excluding carboxylic acids is 1. The summed E-state index contributed by atoms with van der Waals surface area (Å²) in [5, 5.41) is 4.54. The second-order valence-electron chi connectivity index (χ2n) is 16.1. The van der Waals surface area contributed by atoms with E-state index in [1.54, 1.807) is 0 Å². The van der Waals surface area contributed by atoms with Crippen LogP contribution < -0.4 is 10.4 Å². The molecule has 0 aromatic heterocycles. The van der Waals surface area contributed by atoms with Gasteiger partial charge in [0.05, 0.1) is 25.9 Å². The van der Waals surface area contributed by atoms with E-state index in [1.807, 2.05) is 41.3 Å². The van der Waals surface area contributed by atoms with Crippen molar-refractivity contribution in [3.63, 3.8) is 0 Å². The fourth-order valence-electron chi connectivity index (χ4n) is 8.07. The van der Waals surface area contributed by atoms with E-state index in [1.165, 1.54) is 22.1 Å². The summed E-state index contributed by atoms with van der Waals surface area (Å²) in [5.41, 5.74) is 2.48. The van der Waals surface area contributed by atoms with Gasteiger partial charge in [0.1, 0.15) is 10.4 Å². The van der Waals surface area contributed by atoms with Crippen LogP contribution in [0.25, 0.3) is 0 Å². The maximum atomic E-state index is 14.6. The monoisotopic (exact) mass is 813 g/mol. The van der Waals surface area contributed by atoms with Gasteiger partial charge in [0, 0.05) is 28.3 Å². The quantitative estimate of drug-likeness (QED) is 0.0938. The zero-order valence-corrected chi connectivity index (χ0v) is 36.5. The normalized spacial score (nSPS) is 18.7. The van der Waals surface area contributed by atoms with Crippen molar-refractivity contribution >= 4 is 64.7 Å². The number of hydrogen-bond donors (Lipinski definition) is 0. The molecule has 1 amide bonds. The van der Waals surface area contributed by atoms with Crippen LogP contribution in [0.5, 0.6) is 0 Å². The second-order valence-corrected chi connectivity index (χ2v) is 22.2. The molecule has 55 heavy (non-hydrogen) atoms. The predicted octanol–water partition coefficient (Wildman–Crippen LogP) is 10.1. The molecule has 6 nitrogen and oxygen atoms in total. The average Bonchev–Trinajstić information content (AvgIpc) is 3.66. The molecule has 2 heterocycles. The highest BCUT2D eigenvalue weighted by Gasteiger charge is 2.54. The Morgan fingerprint density at radius 2 is 1.38 bits per heavy atom. The summed E-state index contributed by atoms with van der Waals surface area (Å²) in [6, 6.07) is 37.0. The molecule has 0 fully saturated rings. The van der Waals surface area contributed by atoms with Gasteiger partial charge in [-0.25, -0.2) is 4.99 Å². The fraction of sp³-hybridized carbons (Fsp3) is 0.378. The van der Waals surface area contributed by atoms with E-state index in [2.05, 4.69) is 133 Å². The molecule has 0 saturated heterocycles. The van der Waals surface area contributed by atoms with Crippen molar-refractivity contribution in [3.05, 3.63) is 141 Å². The van der Waals surface area contributed by atoms with Crippen molar-refractivity contribution in [2.45, 2.75) is 78.1 Å².